The van der Waals surface area contributed by atoms with Gasteiger partial charge in [0.2, 0.25) is 0 Å². The van der Waals surface area contributed by atoms with Gasteiger partial charge in [-0.25, -0.2) is 4.21 Å². The Labute approximate surface area is 121 Å². The van der Waals surface area contributed by atoms with E-state index in [-0.39, 0.29) is 31.0 Å². The molecule has 17 heavy (non-hydrogen) atoms. The predicted octanol–water partition coefficient (Wildman–Crippen LogP) is 0.00560. The third-order valence-corrected chi connectivity index (χ3v) is 1.73. The van der Waals surface area contributed by atoms with Gasteiger partial charge in [-0.1, -0.05) is 22.4 Å². The Kier molecular flexibility index (Phi) is 6.81. The van der Waals surface area contributed by atoms with E-state index >= 15 is 0 Å². The third-order valence-electron chi connectivity index (χ3n) is 1.73. The Hall–Kier alpha value is -1.09. The van der Waals surface area contributed by atoms with Crippen molar-refractivity contribution in [2.75, 3.05) is 0 Å². The van der Waals surface area contributed by atoms with Crippen molar-refractivity contribution in [2.24, 2.45) is 10.2 Å². The van der Waals surface area contributed by atoms with Crippen LogP contribution >= 0.6 is 0 Å². The summed E-state index contributed by atoms with van der Waals surface area (Å²) in [7, 11) is 0. The molecule has 1 unspecified atom stereocenters. The quantitative estimate of drug-likeness (QED) is 0.266. The molecule has 0 bridgehead atoms. The fourth-order valence-corrected chi connectivity index (χ4v) is 1.15. The molecular weight excluding hydrogens is 259 g/mol. The zero-order valence-corrected chi connectivity index (χ0v) is 11.3. The van der Waals surface area contributed by atoms with Gasteiger partial charge >= 0.3 is 29.6 Å². The Morgan fingerprint density at radius 2 is 1.53 bits per heavy atom. The first kappa shape index (κ1) is 15.9. The summed E-state index contributed by atoms with van der Waals surface area (Å²) in [5.41, 5.74) is 19.0. The molecule has 2 aliphatic rings. The van der Waals surface area contributed by atoms with Crippen molar-refractivity contribution in [1.82, 2.24) is 0 Å². The molecule has 0 fully saturated rings. The van der Waals surface area contributed by atoms with E-state index < -0.39 is 11.4 Å². The maximum absolute atomic E-state index is 8.56. The minimum absolute atomic E-state index is 0. The van der Waals surface area contributed by atoms with E-state index in [1.165, 1.54) is 0 Å². The van der Waals surface area contributed by atoms with E-state index in [1.807, 2.05) is 12.1 Å². The first-order chi connectivity index (χ1) is 7.61. The minimum Gasteiger partial charge on any atom is -1.00 e. The van der Waals surface area contributed by atoms with Gasteiger partial charge in [0.05, 0.1) is 22.7 Å². The van der Waals surface area contributed by atoms with E-state index in [0.29, 0.717) is 11.4 Å². The maximum atomic E-state index is 8.56. The topological polar surface area (TPSA) is 158 Å². The molecule has 0 radical (unpaired) electrons. The van der Waals surface area contributed by atoms with Gasteiger partial charge in [-0.2, -0.15) is 0 Å². The van der Waals surface area contributed by atoms with Crippen LogP contribution in [0.1, 0.15) is 1.43 Å². The van der Waals surface area contributed by atoms with Crippen LogP contribution in [0, 0.1) is 0 Å². The summed E-state index contributed by atoms with van der Waals surface area (Å²) in [5, 5.41) is 6.80. The molecule has 0 aromatic carbocycles. The molecule has 1 N–H and O–H groups in total. The van der Waals surface area contributed by atoms with E-state index in [9.17, 15) is 0 Å². The van der Waals surface area contributed by atoms with Crippen LogP contribution in [-0.2, 0) is 11.4 Å². The monoisotopic (exact) mass is 263 g/mol. The normalized spacial score (nSPS) is 10.5. The molecule has 0 saturated heterocycles. The summed E-state index contributed by atoms with van der Waals surface area (Å²) in [6, 6.07) is 3.63. The van der Waals surface area contributed by atoms with Crippen LogP contribution in [0.3, 0.4) is 0 Å². The van der Waals surface area contributed by atoms with Crippen molar-refractivity contribution in [1.29, 1.82) is 0 Å². The fraction of sp³-hybridized carbons (Fsp3) is 0. The van der Waals surface area contributed by atoms with Crippen LogP contribution in [0.4, 0.5) is 11.4 Å². The van der Waals surface area contributed by atoms with Crippen molar-refractivity contribution in [3.63, 3.8) is 0 Å². The second-order valence-corrected chi connectivity index (χ2v) is 2.89. The van der Waals surface area contributed by atoms with Gasteiger partial charge in [0, 0.05) is 9.82 Å². The van der Waals surface area contributed by atoms with Crippen molar-refractivity contribution in [2.45, 2.75) is 0 Å². The van der Waals surface area contributed by atoms with Crippen LogP contribution in [0.15, 0.2) is 22.4 Å². The summed E-state index contributed by atoms with van der Waals surface area (Å²) in [5.74, 6) is 0. The SMILES string of the molecule is O=S([O-])O.[H-].[N-]=[N+]=Nc1c2ccc-2c1N=[N+]=[N-].[Na+]. The van der Waals surface area contributed by atoms with Crippen molar-refractivity contribution in [3.05, 3.63) is 33.0 Å². The van der Waals surface area contributed by atoms with Crippen molar-refractivity contribution >= 4 is 22.7 Å². The summed E-state index contributed by atoms with van der Waals surface area (Å²) < 4.78 is 24.1. The predicted molar refractivity (Wildman–Crippen MR) is 55.7 cm³/mol. The number of hydrogen-bond acceptors (Lipinski definition) is 4. The molecule has 0 aromatic rings. The molecule has 2 rings (SSSR count). The standard InChI is InChI=1S/C6H2N6.Na.H2O3S.H/c7-11-9-5-3-1-2-4(3)6(5)10-12-8;;1-4(2)3;/h1-2H;;(H2,1,2,3);/q;+1;;-1/p-1. The summed E-state index contributed by atoms with van der Waals surface area (Å²) >= 11 is -2.86. The Morgan fingerprint density at radius 3 is 1.71 bits per heavy atom. The second-order valence-electron chi connectivity index (χ2n) is 2.45. The number of benzene rings is 1. The molecule has 84 valence electrons. The van der Waals surface area contributed by atoms with Crippen LogP contribution in [-0.4, -0.2) is 13.3 Å². The van der Waals surface area contributed by atoms with E-state index in [4.69, 9.17) is 24.4 Å². The number of azide groups is 2. The average molecular weight is 263 g/mol. The van der Waals surface area contributed by atoms with Gasteiger partial charge in [0.1, 0.15) is 0 Å². The van der Waals surface area contributed by atoms with Crippen molar-refractivity contribution in [3.8, 4) is 11.1 Å². The van der Waals surface area contributed by atoms with Crippen molar-refractivity contribution < 1.29 is 44.3 Å². The van der Waals surface area contributed by atoms with E-state index in [1.54, 1.807) is 0 Å². The van der Waals surface area contributed by atoms with Gasteiger partial charge in [-0.3, -0.25) is 0 Å². The van der Waals surface area contributed by atoms with E-state index in [2.05, 4.69) is 20.1 Å². The molecule has 1 atom stereocenters. The van der Waals surface area contributed by atoms with Gasteiger partial charge < -0.3 is 10.5 Å². The molecule has 0 heterocycles. The van der Waals surface area contributed by atoms with Crippen LogP contribution in [0.2, 0.25) is 0 Å². The Balaban J connectivity index is 0. The molecular formula is C6H4N6NaO3S-. The number of hydrogen-bond donors (Lipinski definition) is 1. The minimum atomic E-state index is -2.86. The molecule has 0 aliphatic heterocycles. The third kappa shape index (κ3) is 3.70. The number of rotatable bonds is 2. The van der Waals surface area contributed by atoms with Crippen LogP contribution in [0.25, 0.3) is 32.0 Å². The first-order valence-electron chi connectivity index (χ1n) is 3.67. The summed E-state index contributed by atoms with van der Waals surface area (Å²) in [6.07, 6.45) is 0. The van der Waals surface area contributed by atoms with Gasteiger partial charge in [0.25, 0.3) is 0 Å². The Morgan fingerprint density at radius 1 is 1.24 bits per heavy atom. The molecule has 0 saturated carbocycles. The largest absolute Gasteiger partial charge is 1.00 e. The molecule has 2 aliphatic carbocycles. The fourth-order valence-electron chi connectivity index (χ4n) is 1.15. The van der Waals surface area contributed by atoms with Gasteiger partial charge in [-0.05, 0) is 22.2 Å². The average Bonchev–Trinajstić information content (AvgIpc) is 2.14. The Bertz CT molecular complexity index is 509. The molecule has 0 amide bonds. The smallest absolute Gasteiger partial charge is 1.00 e. The molecule has 0 aromatic heterocycles. The maximum Gasteiger partial charge on any atom is 1.00 e. The molecule has 11 heteroatoms. The van der Waals surface area contributed by atoms with Crippen LogP contribution < -0.4 is 29.6 Å². The summed E-state index contributed by atoms with van der Waals surface area (Å²) in [6.45, 7) is 0. The van der Waals surface area contributed by atoms with E-state index in [0.717, 1.165) is 11.1 Å². The summed E-state index contributed by atoms with van der Waals surface area (Å²) in [4.78, 5) is 5.25. The second kappa shape index (κ2) is 7.28. The number of fused-ring (bicyclic) bond motifs is 1. The zero-order chi connectivity index (χ0) is 12.1. The van der Waals surface area contributed by atoms with Gasteiger partial charge in [-0.15, -0.1) is 0 Å². The molecule has 9 nitrogen and oxygen atoms in total. The number of nitrogens with zero attached hydrogens (tertiary/aromatic N) is 6. The molecule has 0 spiro atoms. The first-order valence-corrected chi connectivity index (χ1v) is 4.71. The zero-order valence-electron chi connectivity index (χ0n) is 9.51. The van der Waals surface area contributed by atoms with Gasteiger partial charge in [0.15, 0.2) is 0 Å². The van der Waals surface area contributed by atoms with Crippen LogP contribution in [0.5, 0.6) is 0 Å².